The van der Waals surface area contributed by atoms with Gasteiger partial charge in [-0.3, -0.25) is 0 Å². The van der Waals surface area contributed by atoms with Crippen molar-refractivity contribution in [1.29, 1.82) is 0 Å². The number of nitrogens with zero attached hydrogens (tertiary/aromatic N) is 1. The Morgan fingerprint density at radius 3 is 2.75 bits per heavy atom. The zero-order valence-corrected chi connectivity index (χ0v) is 12.6. The molecule has 5 heteroatoms. The molecule has 1 aliphatic rings. The van der Waals surface area contributed by atoms with Gasteiger partial charge in [0, 0.05) is 12.1 Å². The number of likely N-dealkylation sites (N-methyl/N-ethyl adjacent to an activating group) is 1. The van der Waals surface area contributed by atoms with E-state index in [1.807, 2.05) is 0 Å². The standard InChI is InChI=1S/C15H24N2O3/c1-17(2)15(6-4-5-7-15)11-16-9-13-8-12(10-20-13)14(18)19-3/h8,10,16H,4-7,9,11H2,1-3H3. The van der Waals surface area contributed by atoms with Gasteiger partial charge in [-0.05, 0) is 33.0 Å². The van der Waals surface area contributed by atoms with Crippen LogP contribution in [0.3, 0.4) is 0 Å². The van der Waals surface area contributed by atoms with E-state index in [9.17, 15) is 4.79 Å². The molecule has 0 bridgehead atoms. The van der Waals surface area contributed by atoms with Gasteiger partial charge in [-0.2, -0.15) is 0 Å². The number of carbonyl (C=O) groups is 1. The summed E-state index contributed by atoms with van der Waals surface area (Å²) in [6.07, 6.45) is 6.51. The molecule has 1 fully saturated rings. The quantitative estimate of drug-likeness (QED) is 0.808. The zero-order chi connectivity index (χ0) is 14.6. The maximum Gasteiger partial charge on any atom is 0.341 e. The van der Waals surface area contributed by atoms with Crippen LogP contribution in [0.4, 0.5) is 0 Å². The number of furan rings is 1. The van der Waals surface area contributed by atoms with Gasteiger partial charge in [-0.15, -0.1) is 0 Å². The van der Waals surface area contributed by atoms with Crippen molar-refractivity contribution < 1.29 is 13.9 Å². The first-order chi connectivity index (χ1) is 9.57. The third kappa shape index (κ3) is 3.22. The molecule has 0 radical (unpaired) electrons. The van der Waals surface area contributed by atoms with Crippen molar-refractivity contribution in [1.82, 2.24) is 10.2 Å². The number of hydrogen-bond donors (Lipinski definition) is 1. The van der Waals surface area contributed by atoms with Crippen molar-refractivity contribution in [2.45, 2.75) is 37.8 Å². The first-order valence-corrected chi connectivity index (χ1v) is 7.11. The summed E-state index contributed by atoms with van der Waals surface area (Å²) in [5, 5.41) is 3.45. The third-order valence-corrected chi connectivity index (χ3v) is 4.31. The van der Waals surface area contributed by atoms with Gasteiger partial charge in [0.1, 0.15) is 12.0 Å². The minimum atomic E-state index is -0.361. The number of ether oxygens (including phenoxy) is 1. The second-order valence-electron chi connectivity index (χ2n) is 5.72. The van der Waals surface area contributed by atoms with E-state index in [-0.39, 0.29) is 11.5 Å². The Bertz CT molecular complexity index is 448. The molecule has 0 atom stereocenters. The highest BCUT2D eigenvalue weighted by Gasteiger charge is 2.35. The lowest BCUT2D eigenvalue weighted by atomic mass is 9.96. The van der Waals surface area contributed by atoms with E-state index in [1.165, 1.54) is 39.1 Å². The molecule has 5 nitrogen and oxygen atoms in total. The summed E-state index contributed by atoms with van der Waals surface area (Å²) in [5.74, 6) is 0.401. The highest BCUT2D eigenvalue weighted by molar-refractivity contribution is 5.88. The predicted molar refractivity (Wildman–Crippen MR) is 76.6 cm³/mol. The van der Waals surface area contributed by atoms with E-state index in [0.29, 0.717) is 12.1 Å². The van der Waals surface area contributed by atoms with Crippen LogP contribution in [-0.2, 0) is 11.3 Å². The van der Waals surface area contributed by atoms with Gasteiger partial charge in [0.05, 0.1) is 19.2 Å². The first-order valence-electron chi connectivity index (χ1n) is 7.11. The molecule has 112 valence electrons. The van der Waals surface area contributed by atoms with Crippen LogP contribution in [0, 0.1) is 0 Å². The Morgan fingerprint density at radius 2 is 2.15 bits per heavy atom. The average molecular weight is 280 g/mol. The van der Waals surface area contributed by atoms with Crippen molar-refractivity contribution >= 4 is 5.97 Å². The summed E-state index contributed by atoms with van der Waals surface area (Å²) in [5.41, 5.74) is 0.727. The van der Waals surface area contributed by atoms with Gasteiger partial charge in [0.2, 0.25) is 0 Å². The number of carbonyl (C=O) groups excluding carboxylic acids is 1. The van der Waals surface area contributed by atoms with Crippen LogP contribution in [0.15, 0.2) is 16.7 Å². The number of hydrogen-bond acceptors (Lipinski definition) is 5. The van der Waals surface area contributed by atoms with Gasteiger partial charge < -0.3 is 19.4 Å². The van der Waals surface area contributed by atoms with E-state index in [2.05, 4.69) is 29.0 Å². The molecule has 1 aliphatic carbocycles. The molecule has 0 saturated heterocycles. The van der Waals surface area contributed by atoms with Crippen LogP contribution in [0.2, 0.25) is 0 Å². The SMILES string of the molecule is COC(=O)c1coc(CNCC2(N(C)C)CCCC2)c1. The fourth-order valence-electron chi connectivity index (χ4n) is 2.93. The zero-order valence-electron chi connectivity index (χ0n) is 12.6. The second kappa shape index (κ2) is 6.41. The second-order valence-corrected chi connectivity index (χ2v) is 5.72. The van der Waals surface area contributed by atoms with Crippen molar-refractivity contribution in [3.63, 3.8) is 0 Å². The molecule has 1 aromatic heterocycles. The topological polar surface area (TPSA) is 54.7 Å². The van der Waals surface area contributed by atoms with Gasteiger partial charge in [-0.25, -0.2) is 4.79 Å². The van der Waals surface area contributed by atoms with Gasteiger partial charge >= 0.3 is 5.97 Å². The van der Waals surface area contributed by atoms with Crippen LogP contribution in [0.25, 0.3) is 0 Å². The molecule has 0 aromatic carbocycles. The molecule has 2 rings (SSSR count). The Kier molecular flexibility index (Phi) is 4.83. The molecule has 1 aromatic rings. The smallest absolute Gasteiger partial charge is 0.341 e. The molecule has 1 heterocycles. The number of nitrogens with one attached hydrogen (secondary N) is 1. The van der Waals surface area contributed by atoms with E-state index in [0.717, 1.165) is 12.3 Å². The molecule has 0 unspecified atom stereocenters. The molecule has 0 aliphatic heterocycles. The molecule has 1 saturated carbocycles. The lowest BCUT2D eigenvalue weighted by molar-refractivity contribution is 0.0600. The van der Waals surface area contributed by atoms with Crippen molar-refractivity contribution in [2.75, 3.05) is 27.7 Å². The van der Waals surface area contributed by atoms with Gasteiger partial charge in [0.15, 0.2) is 0 Å². The number of rotatable bonds is 6. The van der Waals surface area contributed by atoms with Crippen LogP contribution in [0.1, 0.15) is 41.8 Å². The highest BCUT2D eigenvalue weighted by Crippen LogP contribution is 2.33. The predicted octanol–water partition coefficient (Wildman–Crippen LogP) is 2.03. The summed E-state index contributed by atoms with van der Waals surface area (Å²) in [6.45, 7) is 1.57. The summed E-state index contributed by atoms with van der Waals surface area (Å²) in [6, 6.07) is 1.73. The van der Waals surface area contributed by atoms with Crippen LogP contribution in [0.5, 0.6) is 0 Å². The maximum absolute atomic E-state index is 11.3. The van der Waals surface area contributed by atoms with E-state index >= 15 is 0 Å². The molecule has 1 N–H and O–H groups in total. The van der Waals surface area contributed by atoms with Gasteiger partial charge in [0.25, 0.3) is 0 Å². The molecule has 0 spiro atoms. The average Bonchev–Trinajstić information content (AvgIpc) is 3.08. The minimum absolute atomic E-state index is 0.262. The maximum atomic E-state index is 11.3. The van der Waals surface area contributed by atoms with Crippen molar-refractivity contribution in [3.8, 4) is 0 Å². The van der Waals surface area contributed by atoms with Crippen LogP contribution >= 0.6 is 0 Å². The molecule has 0 amide bonds. The van der Waals surface area contributed by atoms with Gasteiger partial charge in [-0.1, -0.05) is 12.8 Å². The van der Waals surface area contributed by atoms with Crippen LogP contribution in [-0.4, -0.2) is 44.2 Å². The summed E-state index contributed by atoms with van der Waals surface area (Å²) >= 11 is 0. The first kappa shape index (κ1) is 15.1. The van der Waals surface area contributed by atoms with Crippen LogP contribution < -0.4 is 5.32 Å². The fraction of sp³-hybridized carbons (Fsp3) is 0.667. The van der Waals surface area contributed by atoms with E-state index in [4.69, 9.17) is 4.42 Å². The summed E-state index contributed by atoms with van der Waals surface area (Å²) < 4.78 is 10.0. The highest BCUT2D eigenvalue weighted by atomic mass is 16.5. The number of methoxy groups -OCH3 is 1. The minimum Gasteiger partial charge on any atom is -0.467 e. The summed E-state index contributed by atoms with van der Waals surface area (Å²) in [4.78, 5) is 13.7. The largest absolute Gasteiger partial charge is 0.467 e. The Labute approximate surface area is 120 Å². The third-order valence-electron chi connectivity index (χ3n) is 4.31. The van der Waals surface area contributed by atoms with E-state index in [1.54, 1.807) is 6.07 Å². The summed E-state index contributed by atoms with van der Waals surface area (Å²) in [7, 11) is 5.67. The molecule has 20 heavy (non-hydrogen) atoms. The molecular weight excluding hydrogens is 256 g/mol. The Hall–Kier alpha value is -1.33. The lowest BCUT2D eigenvalue weighted by Gasteiger charge is -2.36. The lowest BCUT2D eigenvalue weighted by Crippen LogP contribution is -2.49. The van der Waals surface area contributed by atoms with E-state index < -0.39 is 0 Å². The van der Waals surface area contributed by atoms with Crippen molar-refractivity contribution in [3.05, 3.63) is 23.7 Å². The Balaban J connectivity index is 1.86. The number of esters is 1. The normalized spacial score (nSPS) is 17.6. The monoisotopic (exact) mass is 280 g/mol. The molecular formula is C15H24N2O3. The Morgan fingerprint density at radius 1 is 1.45 bits per heavy atom. The van der Waals surface area contributed by atoms with Crippen molar-refractivity contribution in [2.24, 2.45) is 0 Å². The fourth-order valence-corrected chi connectivity index (χ4v) is 2.93.